The molecule has 3 rings (SSSR count). The largest absolute Gasteiger partial charge is 0.394 e. The molecule has 8 heteroatoms. The zero-order valence-electron chi connectivity index (χ0n) is 10.9. The van der Waals surface area contributed by atoms with Gasteiger partial charge in [-0.3, -0.25) is 4.90 Å². The van der Waals surface area contributed by atoms with E-state index in [4.69, 9.17) is 22.1 Å². The van der Waals surface area contributed by atoms with Crippen LogP contribution in [0.5, 0.6) is 0 Å². The van der Waals surface area contributed by atoms with Crippen LogP contribution in [0.1, 0.15) is 6.92 Å². The third kappa shape index (κ3) is 2.00. The second kappa shape index (κ2) is 4.97. The summed E-state index contributed by atoms with van der Waals surface area (Å²) in [5.74, 6) is 0. The molecule has 20 heavy (non-hydrogen) atoms. The molecule has 0 spiro atoms. The van der Waals surface area contributed by atoms with Crippen LogP contribution in [-0.2, 0) is 4.74 Å². The van der Waals surface area contributed by atoms with Crippen LogP contribution in [0.2, 0.25) is 0 Å². The number of fused-ring (bicyclic) bond motifs is 1. The molecule has 1 fully saturated rings. The van der Waals surface area contributed by atoms with Crippen molar-refractivity contribution in [3.63, 3.8) is 0 Å². The number of nitrogens with one attached hydrogen (secondary N) is 2. The molecule has 0 radical (unpaired) electrons. The number of ether oxygens (including phenoxy) is 1. The van der Waals surface area contributed by atoms with E-state index in [0.29, 0.717) is 5.11 Å². The summed E-state index contributed by atoms with van der Waals surface area (Å²) in [4.78, 5) is 1.58. The average Bonchev–Trinajstić information content (AvgIpc) is 2.92. The Balaban J connectivity index is 1.86. The van der Waals surface area contributed by atoms with Gasteiger partial charge in [-0.15, -0.1) is 0 Å². The molecule has 0 aromatic heterocycles. The summed E-state index contributed by atoms with van der Waals surface area (Å²) in [7, 11) is 0. The Labute approximate surface area is 121 Å². The van der Waals surface area contributed by atoms with Crippen molar-refractivity contribution >= 4 is 17.3 Å². The summed E-state index contributed by atoms with van der Waals surface area (Å²) in [6, 6.07) is 0. The second-order valence-electron chi connectivity index (χ2n) is 5.10. The van der Waals surface area contributed by atoms with Crippen molar-refractivity contribution in [2.24, 2.45) is 0 Å². The molecular weight excluding hydrogens is 282 g/mol. The van der Waals surface area contributed by atoms with Gasteiger partial charge in [0.25, 0.3) is 0 Å². The number of hydrogen-bond donors (Lipinski definition) is 5. The second-order valence-corrected chi connectivity index (χ2v) is 5.48. The van der Waals surface area contributed by atoms with E-state index >= 15 is 0 Å². The Bertz CT molecular complexity index is 495. The first kappa shape index (κ1) is 13.8. The lowest BCUT2D eigenvalue weighted by molar-refractivity contribution is -0.0596. The Morgan fingerprint density at radius 2 is 2.15 bits per heavy atom. The summed E-state index contributed by atoms with van der Waals surface area (Å²) in [6.07, 6.45) is -0.295. The maximum atomic E-state index is 10.1. The molecule has 0 saturated carbocycles. The maximum Gasteiger partial charge on any atom is 0.177 e. The predicted molar refractivity (Wildman–Crippen MR) is 74.1 cm³/mol. The lowest BCUT2D eigenvalue weighted by Gasteiger charge is -2.36. The van der Waals surface area contributed by atoms with Gasteiger partial charge in [-0.25, -0.2) is 0 Å². The third-order valence-electron chi connectivity index (χ3n) is 3.80. The van der Waals surface area contributed by atoms with Gasteiger partial charge < -0.3 is 30.7 Å². The molecule has 0 bridgehead atoms. The molecule has 110 valence electrons. The van der Waals surface area contributed by atoms with E-state index in [1.807, 2.05) is 13.1 Å². The number of aliphatic hydroxyl groups excluding tert-OH is 3. The van der Waals surface area contributed by atoms with Crippen molar-refractivity contribution in [1.29, 1.82) is 0 Å². The average molecular weight is 299 g/mol. The number of rotatable bonds is 2. The van der Waals surface area contributed by atoms with Crippen LogP contribution in [-0.4, -0.2) is 62.6 Å². The van der Waals surface area contributed by atoms with Gasteiger partial charge in [-0.1, -0.05) is 0 Å². The summed E-state index contributed by atoms with van der Waals surface area (Å²) < 4.78 is 5.49. The summed E-state index contributed by atoms with van der Waals surface area (Å²) in [6.45, 7) is 1.60. The molecule has 0 aromatic rings. The Hall–Kier alpha value is -1.19. The Morgan fingerprint density at radius 1 is 1.40 bits per heavy atom. The van der Waals surface area contributed by atoms with E-state index in [9.17, 15) is 10.2 Å². The lowest BCUT2D eigenvalue weighted by atomic mass is 10.1. The van der Waals surface area contributed by atoms with Crippen LogP contribution < -0.4 is 10.6 Å². The number of nitrogens with zero attached hydrogens (tertiary/aromatic N) is 1. The van der Waals surface area contributed by atoms with Crippen LogP contribution >= 0.6 is 12.2 Å². The standard InChI is InChI=1S/C12H17N3O4S/c1-5-2-13-10-6(5)3-15(12(20)14-10)11-9(18)8(17)7(4-16)19-11/h2-3,7-11,13,16-18H,4H2,1H3,(H,14,20). The van der Waals surface area contributed by atoms with E-state index < -0.39 is 24.5 Å². The zero-order valence-corrected chi connectivity index (χ0v) is 11.7. The highest BCUT2D eigenvalue weighted by molar-refractivity contribution is 7.80. The number of aliphatic hydroxyl groups is 3. The molecule has 7 nitrogen and oxygen atoms in total. The number of hydrogen-bond acceptors (Lipinski definition) is 6. The molecule has 0 amide bonds. The van der Waals surface area contributed by atoms with E-state index in [1.165, 1.54) is 0 Å². The van der Waals surface area contributed by atoms with Crippen LogP contribution in [0.4, 0.5) is 0 Å². The third-order valence-corrected chi connectivity index (χ3v) is 4.13. The van der Waals surface area contributed by atoms with Gasteiger partial charge in [-0.05, 0) is 24.7 Å². The van der Waals surface area contributed by atoms with Gasteiger partial charge in [0.2, 0.25) is 0 Å². The van der Waals surface area contributed by atoms with Crippen LogP contribution in [0, 0.1) is 0 Å². The van der Waals surface area contributed by atoms with E-state index in [2.05, 4.69) is 10.6 Å². The molecule has 0 aliphatic carbocycles. The van der Waals surface area contributed by atoms with Crippen molar-refractivity contribution in [3.8, 4) is 0 Å². The fourth-order valence-electron chi connectivity index (χ4n) is 2.61. The molecule has 3 heterocycles. The minimum atomic E-state index is -1.14. The first-order chi connectivity index (χ1) is 9.52. The number of thiocarbonyl (C=S) groups is 1. The highest BCUT2D eigenvalue weighted by Crippen LogP contribution is 2.29. The van der Waals surface area contributed by atoms with Gasteiger partial charge in [0.1, 0.15) is 24.5 Å². The van der Waals surface area contributed by atoms with E-state index in [-0.39, 0.29) is 12.8 Å². The highest BCUT2D eigenvalue weighted by Gasteiger charge is 2.46. The van der Waals surface area contributed by atoms with Crippen LogP contribution in [0.3, 0.4) is 0 Å². The molecule has 5 unspecified atom stereocenters. The fraction of sp³-hybridized carbons (Fsp3) is 0.583. The fourth-order valence-corrected chi connectivity index (χ4v) is 2.88. The molecule has 3 aliphatic rings. The first-order valence-corrected chi connectivity index (χ1v) is 6.80. The van der Waals surface area contributed by atoms with Gasteiger partial charge in [0.05, 0.1) is 6.61 Å². The molecule has 5 N–H and O–H groups in total. The van der Waals surface area contributed by atoms with Gasteiger partial charge in [0.15, 0.2) is 11.3 Å². The quantitative estimate of drug-likeness (QED) is 0.386. The molecular formula is C12H17N3O4S. The van der Waals surface area contributed by atoms with Crippen molar-refractivity contribution in [1.82, 2.24) is 15.5 Å². The zero-order chi connectivity index (χ0) is 14.4. The SMILES string of the molecule is CC1=CNC2NC(=S)N(C3OC(CO)C(O)C3O)C=C12. The van der Waals surface area contributed by atoms with Crippen molar-refractivity contribution in [2.75, 3.05) is 6.61 Å². The van der Waals surface area contributed by atoms with Gasteiger partial charge in [0, 0.05) is 18.0 Å². The summed E-state index contributed by atoms with van der Waals surface area (Å²) >= 11 is 5.26. The lowest BCUT2D eigenvalue weighted by Crippen LogP contribution is -2.56. The van der Waals surface area contributed by atoms with E-state index in [1.54, 1.807) is 11.1 Å². The highest BCUT2D eigenvalue weighted by atomic mass is 32.1. The smallest absolute Gasteiger partial charge is 0.177 e. The van der Waals surface area contributed by atoms with Crippen LogP contribution in [0.25, 0.3) is 0 Å². The van der Waals surface area contributed by atoms with Crippen molar-refractivity contribution < 1.29 is 20.1 Å². The molecule has 5 atom stereocenters. The van der Waals surface area contributed by atoms with Gasteiger partial charge >= 0.3 is 0 Å². The van der Waals surface area contributed by atoms with Crippen molar-refractivity contribution in [2.45, 2.75) is 37.6 Å². The predicted octanol–water partition coefficient (Wildman–Crippen LogP) is -1.67. The topological polar surface area (TPSA) is 97.2 Å². The minimum absolute atomic E-state index is 0.0733. The minimum Gasteiger partial charge on any atom is -0.394 e. The Kier molecular flexibility index (Phi) is 3.43. The maximum absolute atomic E-state index is 10.1. The first-order valence-electron chi connectivity index (χ1n) is 6.39. The monoisotopic (exact) mass is 299 g/mol. The van der Waals surface area contributed by atoms with Crippen molar-refractivity contribution in [3.05, 3.63) is 23.5 Å². The summed E-state index contributed by atoms with van der Waals surface area (Å²) in [5.41, 5.74) is 2.05. The Morgan fingerprint density at radius 3 is 2.80 bits per heavy atom. The molecule has 3 aliphatic heterocycles. The molecule has 0 aromatic carbocycles. The van der Waals surface area contributed by atoms with E-state index in [0.717, 1.165) is 11.1 Å². The van der Waals surface area contributed by atoms with Gasteiger partial charge in [-0.2, -0.15) is 0 Å². The normalized spacial score (nSPS) is 39.9. The molecule has 1 saturated heterocycles. The summed E-state index contributed by atoms with van der Waals surface area (Å²) in [5, 5.41) is 35.6. The van der Waals surface area contributed by atoms with Crippen LogP contribution in [0.15, 0.2) is 23.5 Å².